The van der Waals surface area contributed by atoms with Crippen molar-refractivity contribution in [1.29, 1.82) is 0 Å². The number of likely N-dealkylation sites (tertiary alicyclic amines) is 1. The summed E-state index contributed by atoms with van der Waals surface area (Å²) in [5, 5.41) is 11.5. The summed E-state index contributed by atoms with van der Waals surface area (Å²) < 4.78 is 12.7. The minimum Gasteiger partial charge on any atom is -0.380 e. The maximum atomic E-state index is 13.4. The number of carbonyl (C=O) groups excluding carboxylic acids is 2. The molecular formula is C28H30N8O4. The number of carbonyl (C=O) groups is 2. The van der Waals surface area contributed by atoms with Crippen LogP contribution >= 0.6 is 0 Å². The lowest BCUT2D eigenvalue weighted by Gasteiger charge is -2.56. The molecule has 1 spiro atoms. The fourth-order valence-electron chi connectivity index (χ4n) is 5.79. The average molecular weight is 543 g/mol. The molecule has 4 aromatic heterocycles. The van der Waals surface area contributed by atoms with Gasteiger partial charge < -0.3 is 24.4 Å². The van der Waals surface area contributed by atoms with E-state index in [2.05, 4.69) is 30.4 Å². The lowest BCUT2D eigenvalue weighted by molar-refractivity contribution is -0.129. The van der Waals surface area contributed by atoms with Gasteiger partial charge in [0.2, 0.25) is 17.6 Å². The third-order valence-corrected chi connectivity index (χ3v) is 8.31. The summed E-state index contributed by atoms with van der Waals surface area (Å²) >= 11 is 0. The summed E-state index contributed by atoms with van der Waals surface area (Å²) in [7, 11) is 0. The summed E-state index contributed by atoms with van der Waals surface area (Å²) in [6.07, 6.45) is 6.70. The number of hydrogen-bond donors (Lipinski definition) is 1. The van der Waals surface area contributed by atoms with Crippen LogP contribution in [0.5, 0.6) is 0 Å². The molecule has 206 valence electrons. The van der Waals surface area contributed by atoms with Crippen LogP contribution in [0, 0.1) is 12.3 Å². The van der Waals surface area contributed by atoms with Crippen LogP contribution in [0.4, 0.5) is 11.4 Å². The van der Waals surface area contributed by atoms with Crippen LogP contribution in [0.25, 0.3) is 16.9 Å². The monoisotopic (exact) mass is 542 g/mol. The molecule has 1 N–H and O–H groups in total. The second kappa shape index (κ2) is 9.40. The van der Waals surface area contributed by atoms with E-state index in [-0.39, 0.29) is 17.7 Å². The highest BCUT2D eigenvalue weighted by Crippen LogP contribution is 2.40. The number of aryl methyl sites for hydroxylation is 1. The predicted octanol–water partition coefficient (Wildman–Crippen LogP) is 2.90. The van der Waals surface area contributed by atoms with Gasteiger partial charge >= 0.3 is 0 Å². The number of fused-ring (bicyclic) bond motifs is 1. The molecule has 4 aromatic rings. The highest BCUT2D eigenvalue weighted by molar-refractivity contribution is 6.09. The van der Waals surface area contributed by atoms with Crippen LogP contribution in [0.2, 0.25) is 0 Å². The van der Waals surface area contributed by atoms with Crippen molar-refractivity contribution >= 4 is 28.7 Å². The molecule has 0 radical (unpaired) electrons. The predicted molar refractivity (Wildman–Crippen MR) is 145 cm³/mol. The molecule has 3 aliphatic rings. The molecule has 2 amide bonds. The molecule has 40 heavy (non-hydrogen) atoms. The lowest BCUT2D eigenvalue weighted by atomic mass is 9.78. The van der Waals surface area contributed by atoms with Gasteiger partial charge in [0.25, 0.3) is 5.91 Å². The van der Waals surface area contributed by atoms with E-state index in [1.54, 1.807) is 23.8 Å². The van der Waals surface area contributed by atoms with Crippen LogP contribution in [-0.2, 0) is 9.53 Å². The number of piperidine rings is 1. The largest absolute Gasteiger partial charge is 0.380 e. The third-order valence-electron chi connectivity index (χ3n) is 8.31. The van der Waals surface area contributed by atoms with Gasteiger partial charge in [0.15, 0.2) is 0 Å². The van der Waals surface area contributed by atoms with Crippen LogP contribution in [0.3, 0.4) is 0 Å². The van der Waals surface area contributed by atoms with E-state index in [9.17, 15) is 9.59 Å². The molecule has 0 saturated carbocycles. The summed E-state index contributed by atoms with van der Waals surface area (Å²) in [5.74, 6) is 0.899. The average Bonchev–Trinajstić information content (AvgIpc) is 3.56. The van der Waals surface area contributed by atoms with E-state index >= 15 is 0 Å². The van der Waals surface area contributed by atoms with Gasteiger partial charge in [-0.1, -0.05) is 5.16 Å². The number of nitrogens with zero attached hydrogens (tertiary/aromatic N) is 7. The van der Waals surface area contributed by atoms with E-state index in [4.69, 9.17) is 9.26 Å². The highest BCUT2D eigenvalue weighted by atomic mass is 16.5. The number of pyridine rings is 2. The Morgan fingerprint density at radius 2 is 1.93 bits per heavy atom. The molecule has 0 bridgehead atoms. The molecule has 0 aliphatic carbocycles. The van der Waals surface area contributed by atoms with E-state index in [0.29, 0.717) is 52.7 Å². The van der Waals surface area contributed by atoms with Crippen molar-refractivity contribution in [3.63, 3.8) is 0 Å². The summed E-state index contributed by atoms with van der Waals surface area (Å²) in [6.45, 7) is 8.36. The second-order valence-corrected chi connectivity index (χ2v) is 11.2. The van der Waals surface area contributed by atoms with Gasteiger partial charge in [-0.2, -0.15) is 10.1 Å². The summed E-state index contributed by atoms with van der Waals surface area (Å²) in [6, 6.07) is 5.85. The molecular weight excluding hydrogens is 512 g/mol. The van der Waals surface area contributed by atoms with Gasteiger partial charge in [0.1, 0.15) is 0 Å². The second-order valence-electron chi connectivity index (χ2n) is 11.2. The third kappa shape index (κ3) is 4.28. The van der Waals surface area contributed by atoms with Crippen molar-refractivity contribution in [2.45, 2.75) is 32.6 Å². The molecule has 0 aromatic carbocycles. The number of hydrogen-bond acceptors (Lipinski definition) is 9. The highest BCUT2D eigenvalue weighted by Gasteiger charge is 2.49. The van der Waals surface area contributed by atoms with Crippen molar-refractivity contribution in [1.82, 2.24) is 29.6 Å². The van der Waals surface area contributed by atoms with Crippen molar-refractivity contribution in [2.75, 3.05) is 49.6 Å². The van der Waals surface area contributed by atoms with E-state index < -0.39 is 0 Å². The SMILES string of the molecule is CC(=O)N1CCC(c2nc(-c3cnc(C)c(NC(=O)c4cnn5ccc(N6CC7(COC7)C6)cc45)c3)no2)CC1. The van der Waals surface area contributed by atoms with Crippen molar-refractivity contribution in [2.24, 2.45) is 5.41 Å². The molecule has 7 rings (SSSR count). The molecule has 0 unspecified atom stereocenters. The molecule has 12 nitrogen and oxygen atoms in total. The number of nitrogens with one attached hydrogen (secondary N) is 1. The van der Waals surface area contributed by atoms with Gasteiger partial charge in [0.05, 0.1) is 47.3 Å². The van der Waals surface area contributed by atoms with E-state index in [1.807, 2.05) is 36.2 Å². The zero-order valence-electron chi connectivity index (χ0n) is 22.5. The fraction of sp³-hybridized carbons (Fsp3) is 0.429. The standard InChI is InChI=1S/C28H30N8O4/c1-17-23(9-20(11-29-17)25-32-27(40-33-25)19-3-6-34(7-4-19)18(2)37)31-26(38)22-12-30-36-8-5-21(10-24(22)36)35-13-28(14-35)15-39-16-28/h5,8-12,19H,3-4,6-7,13-16H2,1-2H3,(H,31,38). The van der Waals surface area contributed by atoms with Gasteiger partial charge in [-0.25, -0.2) is 4.52 Å². The first-order valence-electron chi connectivity index (χ1n) is 13.6. The Labute approximate surface area is 230 Å². The van der Waals surface area contributed by atoms with E-state index in [0.717, 1.165) is 50.3 Å². The quantitative estimate of drug-likeness (QED) is 0.404. The topological polar surface area (TPSA) is 131 Å². The number of anilines is 2. The zero-order valence-corrected chi connectivity index (χ0v) is 22.5. The van der Waals surface area contributed by atoms with Crippen molar-refractivity contribution in [3.05, 3.63) is 53.9 Å². The number of amides is 2. The molecule has 3 fully saturated rings. The zero-order chi connectivity index (χ0) is 27.4. The summed E-state index contributed by atoms with van der Waals surface area (Å²) in [5.41, 5.74) is 4.46. The normalized spacial score (nSPS) is 18.6. The van der Waals surface area contributed by atoms with Gasteiger partial charge in [-0.3, -0.25) is 14.6 Å². The number of rotatable bonds is 5. The maximum Gasteiger partial charge on any atom is 0.259 e. The molecule has 7 heterocycles. The van der Waals surface area contributed by atoms with Crippen molar-refractivity contribution < 1.29 is 18.8 Å². The Bertz CT molecular complexity index is 1610. The van der Waals surface area contributed by atoms with E-state index in [1.165, 1.54) is 0 Å². The van der Waals surface area contributed by atoms with Gasteiger partial charge in [-0.05, 0) is 38.0 Å². The minimum atomic E-state index is -0.271. The van der Waals surface area contributed by atoms with Crippen molar-refractivity contribution in [3.8, 4) is 11.4 Å². The smallest absolute Gasteiger partial charge is 0.259 e. The Kier molecular flexibility index (Phi) is 5.81. The Balaban J connectivity index is 1.08. The Hall–Kier alpha value is -4.32. The maximum absolute atomic E-state index is 13.4. The number of ether oxygens (including phenoxy) is 1. The molecule has 12 heteroatoms. The lowest BCUT2D eigenvalue weighted by Crippen LogP contribution is -2.66. The minimum absolute atomic E-state index is 0.0862. The van der Waals surface area contributed by atoms with Crippen LogP contribution < -0.4 is 10.2 Å². The first-order valence-corrected chi connectivity index (χ1v) is 13.6. The first-order chi connectivity index (χ1) is 19.4. The van der Waals surface area contributed by atoms with Gasteiger partial charge in [-0.15, -0.1) is 0 Å². The molecule has 3 aliphatic heterocycles. The Morgan fingerprint density at radius 3 is 2.65 bits per heavy atom. The van der Waals surface area contributed by atoms with Crippen LogP contribution in [0.1, 0.15) is 47.6 Å². The van der Waals surface area contributed by atoms with Crippen LogP contribution in [0.15, 0.2) is 41.3 Å². The Morgan fingerprint density at radius 1 is 1.12 bits per heavy atom. The molecule has 0 atom stereocenters. The first kappa shape index (κ1) is 24.7. The van der Waals surface area contributed by atoms with Gasteiger partial charge in [0, 0.05) is 62.7 Å². The number of aromatic nitrogens is 5. The van der Waals surface area contributed by atoms with Crippen LogP contribution in [-0.4, -0.2) is 80.8 Å². The summed E-state index contributed by atoms with van der Waals surface area (Å²) in [4.78, 5) is 38.2. The fourth-order valence-corrected chi connectivity index (χ4v) is 5.79. The molecule has 3 saturated heterocycles.